The van der Waals surface area contributed by atoms with Gasteiger partial charge in [0.2, 0.25) is 0 Å². The van der Waals surface area contributed by atoms with Gasteiger partial charge in [0.05, 0.1) is 0 Å². The van der Waals surface area contributed by atoms with E-state index in [0.717, 1.165) is 6.54 Å². The first-order chi connectivity index (χ1) is 14.4. The Morgan fingerprint density at radius 1 is 0.667 bits per heavy atom. The summed E-state index contributed by atoms with van der Waals surface area (Å²) >= 11 is 0. The molecule has 0 aliphatic carbocycles. The predicted molar refractivity (Wildman–Crippen MR) is 125 cm³/mol. The summed E-state index contributed by atoms with van der Waals surface area (Å²) in [6.07, 6.45) is 1.18. The number of nitrogens with zero attached hydrogens (tertiary/aromatic N) is 1. The van der Waals surface area contributed by atoms with Gasteiger partial charge in [0.15, 0.2) is 0 Å². The summed E-state index contributed by atoms with van der Waals surface area (Å²) in [6, 6.07) is 33.4. The van der Waals surface area contributed by atoms with Crippen molar-refractivity contribution in [3.63, 3.8) is 0 Å². The van der Waals surface area contributed by atoms with Crippen LogP contribution in [0.3, 0.4) is 0 Å². The molecule has 0 spiro atoms. The van der Waals surface area contributed by atoms with E-state index in [1.165, 1.54) is 22.1 Å². The van der Waals surface area contributed by atoms with Crippen molar-refractivity contribution in [3.05, 3.63) is 91.0 Å². The molecule has 3 aromatic carbocycles. The zero-order valence-corrected chi connectivity index (χ0v) is 18.2. The average Bonchev–Trinajstić information content (AvgIpc) is 2.77. The molecule has 0 fully saturated rings. The van der Waals surface area contributed by atoms with Crippen LogP contribution >= 0.6 is 7.26 Å². The summed E-state index contributed by atoms with van der Waals surface area (Å²) in [6.45, 7) is 1.09. The van der Waals surface area contributed by atoms with Gasteiger partial charge in [0.25, 0.3) is 0 Å². The van der Waals surface area contributed by atoms with E-state index in [4.69, 9.17) is 19.8 Å². The number of hydrogen-bond donors (Lipinski definition) is 2. The van der Waals surface area contributed by atoms with Gasteiger partial charge in [-0.15, -0.1) is 0 Å². The SMILES string of the molecule is CN(C)CC[PH](c1ccccc1)(c1ccccc1)c1ccccc1.O=C(O)C(=O)O. The smallest absolute Gasteiger partial charge is 0.414 e. The van der Waals surface area contributed by atoms with Gasteiger partial charge in [-0.05, 0) is 0 Å². The molecule has 3 rings (SSSR count). The second-order valence-electron chi connectivity index (χ2n) is 7.17. The summed E-state index contributed by atoms with van der Waals surface area (Å²) in [5, 5.41) is 19.3. The van der Waals surface area contributed by atoms with Gasteiger partial charge in [0.1, 0.15) is 0 Å². The Morgan fingerprint density at radius 3 is 1.20 bits per heavy atom. The van der Waals surface area contributed by atoms with Crippen molar-refractivity contribution in [2.45, 2.75) is 0 Å². The molecule has 0 heterocycles. The number of benzene rings is 3. The second kappa shape index (κ2) is 11.2. The molecule has 0 unspecified atom stereocenters. The average molecular weight is 425 g/mol. The second-order valence-corrected chi connectivity index (χ2v) is 11.2. The predicted octanol–water partition coefficient (Wildman–Crippen LogP) is 2.43. The minimum absolute atomic E-state index is 1.09. The van der Waals surface area contributed by atoms with Crippen LogP contribution < -0.4 is 15.9 Å². The molecular formula is C24H28NO4P. The zero-order chi connectivity index (χ0) is 22.0. The maximum absolute atomic E-state index is 9.10. The molecule has 0 aliphatic rings. The van der Waals surface area contributed by atoms with Crippen molar-refractivity contribution in [2.24, 2.45) is 0 Å². The van der Waals surface area contributed by atoms with Crippen molar-refractivity contribution >= 4 is 35.1 Å². The Balaban J connectivity index is 0.000000469. The van der Waals surface area contributed by atoms with Crippen molar-refractivity contribution in [3.8, 4) is 0 Å². The number of carbonyl (C=O) groups is 2. The Kier molecular flexibility index (Phi) is 8.72. The van der Waals surface area contributed by atoms with Crippen LogP contribution in [-0.4, -0.2) is 53.9 Å². The maximum atomic E-state index is 9.10. The normalized spacial score (nSPS) is 11.3. The van der Waals surface area contributed by atoms with Crippen LogP contribution in [0, 0.1) is 0 Å². The Morgan fingerprint density at radius 2 is 0.967 bits per heavy atom. The Labute approximate surface area is 177 Å². The molecule has 3 aromatic rings. The van der Waals surface area contributed by atoms with Crippen molar-refractivity contribution in [1.29, 1.82) is 0 Å². The molecule has 0 aromatic heterocycles. The molecule has 0 atom stereocenters. The van der Waals surface area contributed by atoms with Gasteiger partial charge in [-0.2, -0.15) is 0 Å². The van der Waals surface area contributed by atoms with E-state index in [-0.39, 0.29) is 0 Å². The Bertz CT molecular complexity index is 823. The largest absolute Gasteiger partial charge is 0.473 e. The minimum Gasteiger partial charge on any atom is -0.473 e. The van der Waals surface area contributed by atoms with Crippen LogP contribution in [0.4, 0.5) is 0 Å². The van der Waals surface area contributed by atoms with Crippen molar-refractivity contribution < 1.29 is 19.8 Å². The van der Waals surface area contributed by atoms with Gasteiger partial charge in [-0.25, -0.2) is 9.59 Å². The summed E-state index contributed by atoms with van der Waals surface area (Å²) in [4.78, 5) is 20.5. The van der Waals surface area contributed by atoms with Crippen LogP contribution in [0.15, 0.2) is 91.0 Å². The third-order valence-electron chi connectivity index (χ3n) is 4.92. The van der Waals surface area contributed by atoms with Gasteiger partial charge in [-0.1, -0.05) is 0 Å². The van der Waals surface area contributed by atoms with E-state index in [1.54, 1.807) is 0 Å². The first kappa shape index (κ1) is 23.3. The topological polar surface area (TPSA) is 77.8 Å². The molecule has 0 bridgehead atoms. The summed E-state index contributed by atoms with van der Waals surface area (Å²) in [5.74, 6) is -3.65. The number of rotatable bonds is 6. The number of carboxylic acids is 2. The van der Waals surface area contributed by atoms with E-state index < -0.39 is 19.2 Å². The molecule has 158 valence electrons. The molecule has 0 saturated heterocycles. The molecule has 6 heteroatoms. The minimum atomic E-state index is -2.03. The third-order valence-corrected chi connectivity index (χ3v) is 9.85. The van der Waals surface area contributed by atoms with Crippen LogP contribution in [0.5, 0.6) is 0 Å². The molecule has 5 nitrogen and oxygen atoms in total. The van der Waals surface area contributed by atoms with Crippen LogP contribution in [0.2, 0.25) is 0 Å². The molecule has 30 heavy (non-hydrogen) atoms. The molecule has 2 N–H and O–H groups in total. The fourth-order valence-corrected chi connectivity index (χ4v) is 8.43. The first-order valence-electron chi connectivity index (χ1n) is 9.65. The first-order valence-corrected chi connectivity index (χ1v) is 11.9. The molecule has 0 radical (unpaired) electrons. The quantitative estimate of drug-likeness (QED) is 0.469. The molecule has 0 amide bonds. The van der Waals surface area contributed by atoms with Crippen LogP contribution in [0.1, 0.15) is 0 Å². The van der Waals surface area contributed by atoms with Crippen molar-refractivity contribution in [2.75, 3.05) is 26.8 Å². The van der Waals surface area contributed by atoms with Gasteiger partial charge in [0, 0.05) is 0 Å². The van der Waals surface area contributed by atoms with Crippen molar-refractivity contribution in [1.82, 2.24) is 4.90 Å². The molecule has 0 aliphatic heterocycles. The van der Waals surface area contributed by atoms with E-state index >= 15 is 0 Å². The molecular weight excluding hydrogens is 397 g/mol. The van der Waals surface area contributed by atoms with E-state index in [2.05, 4.69) is 110 Å². The fourth-order valence-electron chi connectivity index (χ4n) is 3.49. The fraction of sp³-hybridized carbons (Fsp3) is 0.167. The third kappa shape index (κ3) is 5.99. The van der Waals surface area contributed by atoms with Crippen LogP contribution in [-0.2, 0) is 9.59 Å². The van der Waals surface area contributed by atoms with E-state index in [0.29, 0.717) is 0 Å². The summed E-state index contributed by atoms with van der Waals surface area (Å²) < 4.78 is 0. The Hall–Kier alpha value is -3.01. The standard InChI is InChI=1S/C22H26NP.C2H2O4/c1-23(2)18-19-24(20-12-6-3-7-13-20,21-14-8-4-9-15-21)22-16-10-5-11-17-22;3-1(4)2(5)6/h3-17,24H,18-19H2,1-2H3;(H,3,4)(H,5,6). The number of aliphatic carboxylic acids is 2. The van der Waals surface area contributed by atoms with Crippen LogP contribution in [0.25, 0.3) is 0 Å². The maximum Gasteiger partial charge on any atom is 0.414 e. The zero-order valence-electron chi connectivity index (χ0n) is 17.2. The van der Waals surface area contributed by atoms with E-state index in [9.17, 15) is 0 Å². The van der Waals surface area contributed by atoms with E-state index in [1.807, 2.05) is 0 Å². The summed E-state index contributed by atoms with van der Waals surface area (Å²) in [7, 11) is 2.31. The monoisotopic (exact) mass is 425 g/mol. The summed E-state index contributed by atoms with van der Waals surface area (Å²) in [5.41, 5.74) is 0. The van der Waals surface area contributed by atoms with Gasteiger partial charge < -0.3 is 10.2 Å². The molecule has 0 saturated carbocycles. The number of hydrogen-bond acceptors (Lipinski definition) is 3. The number of carboxylic acid groups (broad SMARTS) is 2. The van der Waals surface area contributed by atoms with Gasteiger partial charge in [-0.3, -0.25) is 0 Å². The van der Waals surface area contributed by atoms with Gasteiger partial charge >= 0.3 is 158 Å².